The number of aryl methyl sites for hydroxylation is 1. The van der Waals surface area contributed by atoms with Crippen LogP contribution in [-0.4, -0.2) is 22.9 Å². The molecule has 3 rings (SSSR count). The highest BCUT2D eigenvalue weighted by molar-refractivity contribution is 6.01. The minimum absolute atomic E-state index is 0.103. The SMILES string of the molecule is Cc1cccc(OC(C)C(=O)NNC(=O)c2cnc3ccccc3c2C(F)(F)F)c1C. The maximum Gasteiger partial charge on any atom is 0.417 e. The lowest BCUT2D eigenvalue weighted by Gasteiger charge is -2.18. The van der Waals surface area contributed by atoms with E-state index in [4.69, 9.17) is 4.74 Å². The molecule has 0 bridgehead atoms. The molecule has 0 fully saturated rings. The van der Waals surface area contributed by atoms with Crippen LogP contribution >= 0.6 is 0 Å². The summed E-state index contributed by atoms with van der Waals surface area (Å²) in [6, 6.07) is 11.0. The first-order valence-corrected chi connectivity index (χ1v) is 9.37. The number of benzene rings is 2. The van der Waals surface area contributed by atoms with Crippen molar-refractivity contribution < 1.29 is 27.5 Å². The maximum absolute atomic E-state index is 13.7. The van der Waals surface area contributed by atoms with Crippen LogP contribution in [-0.2, 0) is 11.0 Å². The highest BCUT2D eigenvalue weighted by Crippen LogP contribution is 2.36. The maximum atomic E-state index is 13.7. The first-order valence-electron chi connectivity index (χ1n) is 9.37. The number of hydrazine groups is 1. The topological polar surface area (TPSA) is 80.3 Å². The summed E-state index contributed by atoms with van der Waals surface area (Å²) in [5.41, 5.74) is 4.22. The molecule has 9 heteroatoms. The predicted molar refractivity (Wildman–Crippen MR) is 108 cm³/mol. The second-order valence-electron chi connectivity index (χ2n) is 6.96. The van der Waals surface area contributed by atoms with Gasteiger partial charge in [-0.1, -0.05) is 30.3 Å². The van der Waals surface area contributed by atoms with Crippen molar-refractivity contribution >= 4 is 22.7 Å². The molecule has 0 saturated heterocycles. The van der Waals surface area contributed by atoms with Gasteiger partial charge in [0.25, 0.3) is 11.8 Å². The van der Waals surface area contributed by atoms with E-state index in [1.54, 1.807) is 18.2 Å². The van der Waals surface area contributed by atoms with E-state index in [9.17, 15) is 22.8 Å². The van der Waals surface area contributed by atoms with Crippen LogP contribution in [0.4, 0.5) is 13.2 Å². The van der Waals surface area contributed by atoms with E-state index in [0.717, 1.165) is 17.3 Å². The van der Waals surface area contributed by atoms with Crippen molar-refractivity contribution in [3.63, 3.8) is 0 Å². The molecule has 31 heavy (non-hydrogen) atoms. The molecule has 1 aromatic heterocycles. The number of alkyl halides is 3. The number of para-hydroxylation sites is 1. The number of halogens is 3. The van der Waals surface area contributed by atoms with Gasteiger partial charge in [-0.15, -0.1) is 0 Å². The highest BCUT2D eigenvalue weighted by Gasteiger charge is 2.37. The Morgan fingerprint density at radius 2 is 1.74 bits per heavy atom. The van der Waals surface area contributed by atoms with Gasteiger partial charge in [0.05, 0.1) is 16.6 Å². The third kappa shape index (κ3) is 4.76. The number of hydrogen-bond donors (Lipinski definition) is 2. The number of fused-ring (bicyclic) bond motifs is 1. The minimum Gasteiger partial charge on any atom is -0.481 e. The van der Waals surface area contributed by atoms with Crippen LogP contribution in [0.5, 0.6) is 5.75 Å². The third-order valence-corrected chi connectivity index (χ3v) is 4.83. The summed E-state index contributed by atoms with van der Waals surface area (Å²) >= 11 is 0. The van der Waals surface area contributed by atoms with Gasteiger partial charge in [-0.25, -0.2) is 0 Å². The summed E-state index contributed by atoms with van der Waals surface area (Å²) in [6.07, 6.45) is -4.96. The summed E-state index contributed by atoms with van der Waals surface area (Å²) in [5, 5.41) is -0.208. The van der Waals surface area contributed by atoms with Crippen LogP contribution in [0.1, 0.15) is 34.0 Å². The van der Waals surface area contributed by atoms with Crippen LogP contribution < -0.4 is 15.6 Å². The second-order valence-corrected chi connectivity index (χ2v) is 6.96. The molecular weight excluding hydrogens is 411 g/mol. The van der Waals surface area contributed by atoms with Crippen LogP contribution in [0, 0.1) is 13.8 Å². The Morgan fingerprint density at radius 1 is 1.03 bits per heavy atom. The Labute approximate surface area is 176 Å². The fourth-order valence-electron chi connectivity index (χ4n) is 3.00. The summed E-state index contributed by atoms with van der Waals surface area (Å²) < 4.78 is 46.6. The Hall–Kier alpha value is -3.62. The monoisotopic (exact) mass is 431 g/mol. The molecule has 1 atom stereocenters. The van der Waals surface area contributed by atoms with E-state index in [1.165, 1.54) is 25.1 Å². The lowest BCUT2D eigenvalue weighted by Crippen LogP contribution is -2.47. The molecular formula is C22H20F3N3O3. The Kier molecular flexibility index (Phi) is 6.14. The third-order valence-electron chi connectivity index (χ3n) is 4.83. The van der Waals surface area contributed by atoms with Crippen molar-refractivity contribution in [2.75, 3.05) is 0 Å². The van der Waals surface area contributed by atoms with Gasteiger partial charge in [0, 0.05) is 11.6 Å². The summed E-state index contributed by atoms with van der Waals surface area (Å²) in [6.45, 7) is 5.19. The second kappa shape index (κ2) is 8.63. The molecule has 2 aromatic carbocycles. The molecule has 6 nitrogen and oxygen atoms in total. The summed E-state index contributed by atoms with van der Waals surface area (Å²) in [5.74, 6) is -1.37. The number of nitrogens with zero attached hydrogens (tertiary/aromatic N) is 1. The van der Waals surface area contributed by atoms with Crippen molar-refractivity contribution in [3.8, 4) is 5.75 Å². The van der Waals surface area contributed by atoms with Crippen molar-refractivity contribution in [3.05, 3.63) is 70.9 Å². The molecule has 0 radical (unpaired) electrons. The normalized spacial score (nSPS) is 12.3. The molecule has 162 valence electrons. The number of nitrogens with one attached hydrogen (secondary N) is 2. The van der Waals surface area contributed by atoms with Gasteiger partial charge in [0.2, 0.25) is 0 Å². The quantitative estimate of drug-likeness (QED) is 0.610. The molecule has 2 amide bonds. The standard InChI is InChI=1S/C22H20F3N3O3/c1-12-7-6-10-18(13(12)2)31-14(3)20(29)27-28-21(30)16-11-26-17-9-5-4-8-15(17)19(16)22(23,24)25/h4-11,14H,1-3H3,(H,27,29)(H,28,30). The van der Waals surface area contributed by atoms with Crippen molar-refractivity contribution in [1.29, 1.82) is 0 Å². The van der Waals surface area contributed by atoms with E-state index in [0.29, 0.717) is 5.75 Å². The molecule has 0 spiro atoms. The van der Waals surface area contributed by atoms with E-state index in [2.05, 4.69) is 10.4 Å². The highest BCUT2D eigenvalue weighted by atomic mass is 19.4. The molecule has 2 N–H and O–H groups in total. The first kappa shape index (κ1) is 22.1. The molecule has 0 aliphatic rings. The molecule has 1 heterocycles. The average molecular weight is 431 g/mol. The summed E-state index contributed by atoms with van der Waals surface area (Å²) in [4.78, 5) is 28.6. The zero-order valence-corrected chi connectivity index (χ0v) is 17.0. The van der Waals surface area contributed by atoms with Crippen LogP contribution in [0.3, 0.4) is 0 Å². The smallest absolute Gasteiger partial charge is 0.417 e. The Balaban J connectivity index is 1.75. The molecule has 3 aromatic rings. The fraction of sp³-hybridized carbons (Fsp3) is 0.227. The number of carbonyl (C=O) groups excluding carboxylic acids is 2. The van der Waals surface area contributed by atoms with Crippen molar-refractivity contribution in [2.24, 2.45) is 0 Å². The van der Waals surface area contributed by atoms with Gasteiger partial charge in [0.1, 0.15) is 5.75 Å². The Bertz CT molecular complexity index is 1150. The number of amides is 2. The van der Waals surface area contributed by atoms with Gasteiger partial charge >= 0.3 is 6.18 Å². The molecule has 1 unspecified atom stereocenters. The van der Waals surface area contributed by atoms with Gasteiger partial charge in [0.15, 0.2) is 6.10 Å². The zero-order valence-electron chi connectivity index (χ0n) is 17.0. The minimum atomic E-state index is -4.79. The lowest BCUT2D eigenvalue weighted by atomic mass is 10.0. The lowest BCUT2D eigenvalue weighted by molar-refractivity contribution is -0.136. The fourth-order valence-corrected chi connectivity index (χ4v) is 3.00. The Morgan fingerprint density at radius 3 is 2.45 bits per heavy atom. The molecule has 0 aliphatic heterocycles. The van der Waals surface area contributed by atoms with E-state index in [1.807, 2.05) is 25.3 Å². The largest absolute Gasteiger partial charge is 0.481 e. The number of hydrogen-bond acceptors (Lipinski definition) is 4. The first-order chi connectivity index (χ1) is 14.6. The molecule has 0 saturated carbocycles. The van der Waals surface area contributed by atoms with Crippen molar-refractivity contribution in [2.45, 2.75) is 33.1 Å². The van der Waals surface area contributed by atoms with Crippen LogP contribution in [0.2, 0.25) is 0 Å². The van der Waals surface area contributed by atoms with Crippen LogP contribution in [0.15, 0.2) is 48.7 Å². The number of rotatable bonds is 4. The van der Waals surface area contributed by atoms with Gasteiger partial charge in [-0.3, -0.25) is 25.4 Å². The van der Waals surface area contributed by atoms with Gasteiger partial charge < -0.3 is 4.74 Å². The zero-order chi connectivity index (χ0) is 22.8. The molecule has 0 aliphatic carbocycles. The number of aromatic nitrogens is 1. The average Bonchev–Trinajstić information content (AvgIpc) is 2.73. The van der Waals surface area contributed by atoms with Gasteiger partial charge in [-0.2, -0.15) is 13.2 Å². The number of pyridine rings is 1. The van der Waals surface area contributed by atoms with E-state index in [-0.39, 0.29) is 10.9 Å². The summed E-state index contributed by atoms with van der Waals surface area (Å²) in [7, 11) is 0. The number of carbonyl (C=O) groups is 2. The van der Waals surface area contributed by atoms with Crippen LogP contribution in [0.25, 0.3) is 10.9 Å². The van der Waals surface area contributed by atoms with E-state index >= 15 is 0 Å². The van der Waals surface area contributed by atoms with Crippen molar-refractivity contribution in [1.82, 2.24) is 15.8 Å². The number of ether oxygens (including phenoxy) is 1. The van der Waals surface area contributed by atoms with E-state index < -0.39 is 35.2 Å². The van der Waals surface area contributed by atoms with Gasteiger partial charge in [-0.05, 0) is 44.0 Å². The predicted octanol–water partition coefficient (Wildman–Crippen LogP) is 4.10.